The van der Waals surface area contributed by atoms with E-state index in [2.05, 4.69) is 22.5 Å². The lowest BCUT2D eigenvalue weighted by molar-refractivity contribution is -0.168. The first kappa shape index (κ1) is 19.2. The van der Waals surface area contributed by atoms with Crippen molar-refractivity contribution >= 4 is 5.96 Å². The van der Waals surface area contributed by atoms with Gasteiger partial charge < -0.3 is 24.9 Å². The van der Waals surface area contributed by atoms with Crippen molar-refractivity contribution in [1.82, 2.24) is 10.6 Å². The lowest BCUT2D eigenvalue weighted by Gasteiger charge is -2.61. The Labute approximate surface area is 156 Å². The van der Waals surface area contributed by atoms with Crippen molar-refractivity contribution < 1.29 is 14.3 Å². The summed E-state index contributed by atoms with van der Waals surface area (Å²) in [7, 11) is 0. The number of hydrogen-bond acceptors (Lipinski definition) is 4. The van der Waals surface area contributed by atoms with Gasteiger partial charge in [-0.1, -0.05) is 6.42 Å². The van der Waals surface area contributed by atoms with E-state index in [0.29, 0.717) is 17.9 Å². The smallest absolute Gasteiger partial charge is 0.191 e. The molecule has 2 aliphatic rings. The first-order valence-electron chi connectivity index (χ1n) is 9.87. The molecule has 0 amide bonds. The maximum absolute atomic E-state index is 10.7. The van der Waals surface area contributed by atoms with Gasteiger partial charge in [-0.3, -0.25) is 0 Å². The molecule has 2 saturated carbocycles. The minimum absolute atomic E-state index is 0.240. The van der Waals surface area contributed by atoms with Gasteiger partial charge in [0.15, 0.2) is 5.96 Å². The van der Waals surface area contributed by atoms with Crippen molar-refractivity contribution in [3.05, 3.63) is 23.7 Å². The van der Waals surface area contributed by atoms with Crippen LogP contribution in [0.15, 0.2) is 21.5 Å². The molecule has 0 saturated heterocycles. The van der Waals surface area contributed by atoms with Crippen LogP contribution in [-0.4, -0.2) is 42.9 Å². The third-order valence-corrected chi connectivity index (χ3v) is 5.91. The van der Waals surface area contributed by atoms with E-state index in [9.17, 15) is 5.11 Å². The van der Waals surface area contributed by atoms with E-state index in [1.165, 1.54) is 19.3 Å². The maximum atomic E-state index is 10.7. The van der Waals surface area contributed by atoms with E-state index in [1.807, 2.05) is 26.0 Å². The van der Waals surface area contributed by atoms with Crippen LogP contribution >= 0.6 is 0 Å². The standard InChI is InChI=1S/C20H33N3O3/c1-5-21-18(22-13-19(4,24)16-9-8-14(3)26-16)23-15-12-17(25-6-2)20(15)10-7-11-20/h8-9,15,17,24H,5-7,10-13H2,1-4H3,(H2,21,22,23). The van der Waals surface area contributed by atoms with Crippen LogP contribution in [0.2, 0.25) is 0 Å². The Morgan fingerprint density at radius 2 is 2.19 bits per heavy atom. The lowest BCUT2D eigenvalue weighted by Crippen LogP contribution is -2.68. The highest BCUT2D eigenvalue weighted by molar-refractivity contribution is 5.80. The second kappa shape index (κ2) is 7.61. The number of aliphatic imine (C=N–C) groups is 1. The fraction of sp³-hybridized carbons (Fsp3) is 0.750. The molecule has 3 atom stereocenters. The largest absolute Gasteiger partial charge is 0.463 e. The average Bonchev–Trinajstić information content (AvgIpc) is 2.97. The van der Waals surface area contributed by atoms with E-state index in [1.54, 1.807) is 6.92 Å². The van der Waals surface area contributed by atoms with Crippen molar-refractivity contribution in [2.45, 2.75) is 71.1 Å². The molecule has 146 valence electrons. The number of ether oxygens (including phenoxy) is 1. The van der Waals surface area contributed by atoms with Gasteiger partial charge >= 0.3 is 0 Å². The van der Waals surface area contributed by atoms with Crippen molar-refractivity contribution in [1.29, 1.82) is 0 Å². The van der Waals surface area contributed by atoms with E-state index in [4.69, 9.17) is 9.15 Å². The topological polar surface area (TPSA) is 79.0 Å². The number of guanidine groups is 1. The molecule has 3 unspecified atom stereocenters. The molecule has 2 aliphatic carbocycles. The molecule has 3 N–H and O–H groups in total. The van der Waals surface area contributed by atoms with Gasteiger partial charge in [-0.25, -0.2) is 4.99 Å². The summed E-state index contributed by atoms with van der Waals surface area (Å²) in [5.74, 6) is 2.09. The Morgan fingerprint density at radius 3 is 2.73 bits per heavy atom. The normalized spacial score (nSPS) is 26.7. The number of aryl methyl sites for hydroxylation is 1. The van der Waals surface area contributed by atoms with Gasteiger partial charge in [-0.15, -0.1) is 0 Å². The monoisotopic (exact) mass is 363 g/mol. The van der Waals surface area contributed by atoms with Crippen LogP contribution in [0, 0.1) is 12.3 Å². The molecule has 0 aromatic carbocycles. The van der Waals surface area contributed by atoms with Crippen molar-refractivity contribution in [3.8, 4) is 0 Å². The SMILES string of the molecule is CCNC(=NCC(C)(O)c1ccc(C)o1)NC1CC(OCC)C12CCC2. The number of hydrogen-bond donors (Lipinski definition) is 3. The molecule has 1 heterocycles. The molecule has 2 fully saturated rings. The quantitative estimate of drug-likeness (QED) is 0.513. The molecule has 1 aromatic rings. The first-order valence-corrected chi connectivity index (χ1v) is 9.87. The van der Waals surface area contributed by atoms with Crippen LogP contribution in [0.4, 0.5) is 0 Å². The van der Waals surface area contributed by atoms with Gasteiger partial charge in [-0.2, -0.15) is 0 Å². The van der Waals surface area contributed by atoms with Gasteiger partial charge in [-0.05, 0) is 59.1 Å². The fourth-order valence-electron chi connectivity index (χ4n) is 4.16. The zero-order chi connectivity index (χ0) is 18.8. The molecule has 6 heteroatoms. The van der Waals surface area contributed by atoms with Gasteiger partial charge in [0.05, 0.1) is 12.6 Å². The highest BCUT2D eigenvalue weighted by atomic mass is 16.5. The second-order valence-electron chi connectivity index (χ2n) is 7.84. The first-order chi connectivity index (χ1) is 12.4. The minimum atomic E-state index is -1.13. The molecule has 26 heavy (non-hydrogen) atoms. The highest BCUT2D eigenvalue weighted by Gasteiger charge is 2.59. The number of nitrogens with one attached hydrogen (secondary N) is 2. The Bertz CT molecular complexity index is 634. The fourth-order valence-corrected chi connectivity index (χ4v) is 4.16. The Morgan fingerprint density at radius 1 is 1.42 bits per heavy atom. The second-order valence-corrected chi connectivity index (χ2v) is 7.84. The van der Waals surface area contributed by atoms with Crippen LogP contribution in [0.5, 0.6) is 0 Å². The van der Waals surface area contributed by atoms with Crippen LogP contribution in [0.1, 0.15) is 58.0 Å². The van der Waals surface area contributed by atoms with Crippen molar-refractivity contribution in [2.75, 3.05) is 19.7 Å². The van der Waals surface area contributed by atoms with Crippen LogP contribution < -0.4 is 10.6 Å². The number of nitrogens with zero attached hydrogens (tertiary/aromatic N) is 1. The third-order valence-electron chi connectivity index (χ3n) is 5.91. The predicted octanol–water partition coefficient (Wildman–Crippen LogP) is 2.70. The molecule has 1 spiro atoms. The van der Waals surface area contributed by atoms with E-state index in [0.717, 1.165) is 31.3 Å². The van der Waals surface area contributed by atoms with Gasteiger partial charge in [0.2, 0.25) is 0 Å². The summed E-state index contributed by atoms with van der Waals surface area (Å²) in [5.41, 5.74) is -0.856. The molecule has 0 radical (unpaired) electrons. The average molecular weight is 364 g/mol. The number of aliphatic hydroxyl groups is 1. The summed E-state index contributed by atoms with van der Waals surface area (Å²) in [5, 5.41) is 17.6. The summed E-state index contributed by atoms with van der Waals surface area (Å²) >= 11 is 0. The third kappa shape index (κ3) is 3.62. The van der Waals surface area contributed by atoms with E-state index >= 15 is 0 Å². The molecule has 0 bridgehead atoms. The summed E-state index contributed by atoms with van der Waals surface area (Å²) < 4.78 is 11.5. The molecule has 1 aromatic heterocycles. The predicted molar refractivity (Wildman–Crippen MR) is 102 cm³/mol. The van der Waals surface area contributed by atoms with Crippen molar-refractivity contribution in [3.63, 3.8) is 0 Å². The van der Waals surface area contributed by atoms with Crippen LogP contribution in [-0.2, 0) is 10.3 Å². The van der Waals surface area contributed by atoms with Crippen molar-refractivity contribution in [2.24, 2.45) is 10.4 Å². The summed E-state index contributed by atoms with van der Waals surface area (Å²) in [6, 6.07) is 4.06. The Balaban J connectivity index is 1.65. The minimum Gasteiger partial charge on any atom is -0.463 e. The van der Waals surface area contributed by atoms with Gasteiger partial charge in [0.25, 0.3) is 0 Å². The summed E-state index contributed by atoms with van der Waals surface area (Å²) in [6.45, 7) is 9.52. The molecule has 0 aliphatic heterocycles. The zero-order valence-corrected chi connectivity index (χ0v) is 16.5. The van der Waals surface area contributed by atoms with E-state index in [-0.39, 0.29) is 12.0 Å². The van der Waals surface area contributed by atoms with Crippen LogP contribution in [0.25, 0.3) is 0 Å². The molecular weight excluding hydrogens is 330 g/mol. The van der Waals surface area contributed by atoms with E-state index < -0.39 is 5.60 Å². The highest BCUT2D eigenvalue weighted by Crippen LogP contribution is 2.57. The van der Waals surface area contributed by atoms with Crippen LogP contribution in [0.3, 0.4) is 0 Å². The lowest BCUT2D eigenvalue weighted by atomic mass is 9.51. The Hall–Kier alpha value is -1.53. The molecule has 6 nitrogen and oxygen atoms in total. The van der Waals surface area contributed by atoms with Gasteiger partial charge in [0.1, 0.15) is 17.1 Å². The molecular formula is C20H33N3O3. The number of furan rings is 1. The summed E-state index contributed by atoms with van der Waals surface area (Å²) in [6.07, 6.45) is 5.11. The molecule has 3 rings (SSSR count). The van der Waals surface area contributed by atoms with Gasteiger partial charge in [0, 0.05) is 24.6 Å². The zero-order valence-electron chi connectivity index (χ0n) is 16.5. The Kier molecular flexibility index (Phi) is 5.63. The maximum Gasteiger partial charge on any atom is 0.191 e. The number of rotatable bonds is 7. The summed E-state index contributed by atoms with van der Waals surface area (Å²) in [4.78, 5) is 4.63.